The minimum Gasteiger partial charge on any atom is -0.231 e. The van der Waals surface area contributed by atoms with E-state index < -0.39 is 0 Å². The van der Waals surface area contributed by atoms with E-state index >= 15 is 0 Å². The van der Waals surface area contributed by atoms with Crippen molar-refractivity contribution in [2.75, 3.05) is 0 Å². The molecular weight excluding hydrogens is 143 g/mol. The van der Waals surface area contributed by atoms with E-state index in [1.165, 1.54) is 15.6 Å². The molecule has 0 spiro atoms. The molecule has 4 heteroatoms. The quantitative estimate of drug-likeness (QED) is 0.467. The Bertz CT molecular complexity index is 112. The maximum atomic E-state index is 4.03. The number of allylic oxidation sites excluding steroid dienone is 1. The van der Waals surface area contributed by atoms with Crippen molar-refractivity contribution in [2.24, 2.45) is 4.76 Å². The van der Waals surface area contributed by atoms with Gasteiger partial charge in [0.15, 0.2) is 0 Å². The third-order valence-electron chi connectivity index (χ3n) is 0.478. The Kier molecular flexibility index (Phi) is 2.74. The van der Waals surface area contributed by atoms with E-state index in [4.69, 9.17) is 0 Å². The highest BCUT2D eigenvalue weighted by atomic mass is 32.2. The van der Waals surface area contributed by atoms with Crippen molar-refractivity contribution < 1.29 is 0 Å². The van der Waals surface area contributed by atoms with E-state index in [9.17, 15) is 0 Å². The summed E-state index contributed by atoms with van der Waals surface area (Å²) in [5.41, 5.74) is 0. The Labute approximate surface area is 47.5 Å². The molecule has 1 nitrogen and oxygen atoms in total. The van der Waals surface area contributed by atoms with E-state index in [0.717, 1.165) is 8.27 Å². The predicted octanol–water partition coefficient (Wildman–Crippen LogP) is 2.90. The molecule has 1 rings (SSSR count). The van der Waals surface area contributed by atoms with Gasteiger partial charge in [0.05, 0.1) is 8.02 Å². The average molecular weight is 147 g/mol. The summed E-state index contributed by atoms with van der Waals surface area (Å²) in [7, 11) is 3.57. The molecule has 0 radical (unpaired) electrons. The van der Waals surface area contributed by atoms with Crippen LogP contribution in [0, 0.1) is 0 Å². The van der Waals surface area contributed by atoms with Crippen molar-refractivity contribution in [1.29, 1.82) is 0 Å². The Morgan fingerprint density at radius 1 is 1.57 bits per heavy atom. The molecule has 0 N–H and O–H groups in total. The summed E-state index contributed by atoms with van der Waals surface area (Å²) in [6, 6.07) is 0. The Balaban J connectivity index is 2.60. The van der Waals surface area contributed by atoms with Gasteiger partial charge in [0.2, 0.25) is 0 Å². The smallest absolute Gasteiger partial charge is 0.0694 e. The Hall–Kier alpha value is 0.440. The second kappa shape index (κ2) is 3.44. The summed E-state index contributed by atoms with van der Waals surface area (Å²) >= 11 is 0. The highest BCUT2D eigenvalue weighted by Crippen LogP contribution is 2.39. The zero-order valence-corrected chi connectivity index (χ0v) is 6.36. The van der Waals surface area contributed by atoms with Crippen molar-refractivity contribution in [3.63, 3.8) is 0 Å². The standard InChI is InChI=1S/C3H4NP3/c1-2-4-6-7-5-3-1/h1-3,5H. The van der Waals surface area contributed by atoms with Gasteiger partial charge in [-0.2, -0.15) is 0 Å². The normalized spacial score (nSPS) is 25.1. The molecule has 0 aromatic carbocycles. The fraction of sp³-hybridized carbons (Fsp3) is 0. The highest BCUT2D eigenvalue weighted by molar-refractivity contribution is 8.25. The van der Waals surface area contributed by atoms with Crippen LogP contribution >= 0.6 is 23.8 Å². The predicted molar refractivity (Wildman–Crippen MR) is 39.8 cm³/mol. The monoisotopic (exact) mass is 147 g/mol. The molecule has 0 saturated heterocycles. The molecule has 0 amide bonds. The van der Waals surface area contributed by atoms with E-state index in [1.54, 1.807) is 0 Å². The molecule has 1 aliphatic rings. The van der Waals surface area contributed by atoms with Gasteiger partial charge in [0, 0.05) is 6.21 Å². The Morgan fingerprint density at radius 2 is 2.57 bits per heavy atom. The molecule has 0 saturated carbocycles. The first-order valence-corrected chi connectivity index (χ1v) is 6.20. The number of hydrogen-bond acceptors (Lipinski definition) is 1. The second-order valence-corrected chi connectivity index (χ2v) is 5.85. The van der Waals surface area contributed by atoms with Crippen LogP contribution in [0.2, 0.25) is 0 Å². The molecule has 1 aliphatic heterocycles. The van der Waals surface area contributed by atoms with E-state index in [2.05, 4.69) is 10.6 Å². The molecule has 0 aliphatic carbocycles. The first-order chi connectivity index (χ1) is 3.50. The molecule has 0 fully saturated rings. The number of rotatable bonds is 0. The van der Waals surface area contributed by atoms with Crippen LogP contribution in [0.1, 0.15) is 0 Å². The average Bonchev–Trinajstić information content (AvgIpc) is 1.90. The zero-order chi connectivity index (χ0) is 4.95. The zero-order valence-electron chi connectivity index (χ0n) is 3.57. The van der Waals surface area contributed by atoms with Gasteiger partial charge in [0.25, 0.3) is 0 Å². The van der Waals surface area contributed by atoms with E-state index in [0.29, 0.717) is 0 Å². The molecule has 36 valence electrons. The summed E-state index contributed by atoms with van der Waals surface area (Å²) in [6.45, 7) is 0. The lowest BCUT2D eigenvalue weighted by Gasteiger charge is -1.67. The van der Waals surface area contributed by atoms with Crippen molar-refractivity contribution in [1.82, 2.24) is 0 Å². The van der Waals surface area contributed by atoms with Gasteiger partial charge in [-0.3, -0.25) is 0 Å². The largest absolute Gasteiger partial charge is 0.231 e. The fourth-order valence-corrected chi connectivity index (χ4v) is 3.19. The van der Waals surface area contributed by atoms with Gasteiger partial charge < -0.3 is 0 Å². The van der Waals surface area contributed by atoms with Gasteiger partial charge in [-0.05, 0) is 21.9 Å². The van der Waals surface area contributed by atoms with Crippen molar-refractivity contribution in [3.8, 4) is 0 Å². The lowest BCUT2D eigenvalue weighted by Crippen LogP contribution is -1.49. The van der Waals surface area contributed by atoms with Crippen molar-refractivity contribution in [2.45, 2.75) is 0 Å². The molecular formula is C3H4NP3. The van der Waals surface area contributed by atoms with Crippen LogP contribution in [0.5, 0.6) is 0 Å². The molecule has 0 bridgehead atoms. The van der Waals surface area contributed by atoms with Crippen molar-refractivity contribution >= 4 is 30.1 Å². The molecule has 1 atom stereocenters. The van der Waals surface area contributed by atoms with Crippen LogP contribution in [0.25, 0.3) is 0 Å². The van der Waals surface area contributed by atoms with Crippen LogP contribution < -0.4 is 0 Å². The maximum absolute atomic E-state index is 4.03. The second-order valence-electron chi connectivity index (χ2n) is 0.942. The van der Waals surface area contributed by atoms with Crippen LogP contribution in [0.3, 0.4) is 0 Å². The third-order valence-corrected chi connectivity index (χ3v) is 4.48. The van der Waals surface area contributed by atoms with E-state index in [-0.39, 0.29) is 0 Å². The third kappa shape index (κ3) is 2.29. The minimum atomic E-state index is 0.949. The minimum absolute atomic E-state index is 0.949. The summed E-state index contributed by atoms with van der Waals surface area (Å²) in [4.78, 5) is 0. The van der Waals surface area contributed by atoms with Crippen LogP contribution in [-0.2, 0) is 0 Å². The molecule has 7 heavy (non-hydrogen) atoms. The summed E-state index contributed by atoms with van der Waals surface area (Å²) in [6.07, 6.45) is 3.86. The maximum Gasteiger partial charge on any atom is 0.0694 e. The van der Waals surface area contributed by atoms with Gasteiger partial charge in [-0.15, -0.1) is 0 Å². The van der Waals surface area contributed by atoms with E-state index in [1.807, 2.05) is 12.3 Å². The van der Waals surface area contributed by atoms with Crippen LogP contribution in [0.4, 0.5) is 0 Å². The fourth-order valence-electron chi connectivity index (χ4n) is 0.239. The highest BCUT2D eigenvalue weighted by Gasteiger charge is 1.73. The summed E-state index contributed by atoms with van der Waals surface area (Å²) < 4.78 is 4.03. The lowest BCUT2D eigenvalue weighted by molar-refractivity contribution is 1.99. The van der Waals surface area contributed by atoms with Crippen LogP contribution in [0.15, 0.2) is 16.7 Å². The summed E-state index contributed by atoms with van der Waals surface area (Å²) in [5, 5.41) is 0. The Morgan fingerprint density at radius 3 is 3.57 bits per heavy atom. The van der Waals surface area contributed by atoms with Crippen LogP contribution in [-0.4, -0.2) is 6.21 Å². The van der Waals surface area contributed by atoms with Gasteiger partial charge >= 0.3 is 0 Å². The molecule has 0 aromatic heterocycles. The number of hydrogen-bond donors (Lipinski definition) is 0. The molecule has 1 heterocycles. The SMILES string of the molecule is C1=CPP=PN=C1. The lowest BCUT2D eigenvalue weighted by atomic mass is 10.7. The summed E-state index contributed by atoms with van der Waals surface area (Å²) in [5.74, 6) is 2.16. The first kappa shape index (κ1) is 5.57. The van der Waals surface area contributed by atoms with Gasteiger partial charge in [-0.1, -0.05) is 5.82 Å². The van der Waals surface area contributed by atoms with Gasteiger partial charge in [-0.25, -0.2) is 4.76 Å². The van der Waals surface area contributed by atoms with Crippen molar-refractivity contribution in [3.05, 3.63) is 11.9 Å². The first-order valence-electron chi connectivity index (χ1n) is 1.84. The molecule has 1 unspecified atom stereocenters. The topological polar surface area (TPSA) is 12.4 Å². The molecule has 0 aromatic rings. The number of nitrogens with zero attached hydrogens (tertiary/aromatic N) is 1. The van der Waals surface area contributed by atoms with Gasteiger partial charge in [0.1, 0.15) is 0 Å².